The highest BCUT2D eigenvalue weighted by Gasteiger charge is 2.24. The third-order valence-electron chi connectivity index (χ3n) is 4.93. The van der Waals surface area contributed by atoms with Gasteiger partial charge in [0.2, 0.25) is 15.7 Å². The van der Waals surface area contributed by atoms with Gasteiger partial charge in [-0.25, -0.2) is 13.4 Å². The summed E-state index contributed by atoms with van der Waals surface area (Å²) < 4.78 is 25.6. The number of amides is 1. The Hall–Kier alpha value is -2.91. The minimum atomic E-state index is -4.00. The number of rotatable bonds is 7. The van der Waals surface area contributed by atoms with Crippen molar-refractivity contribution in [2.45, 2.75) is 54.3 Å². The maximum absolute atomic E-state index is 12.8. The van der Waals surface area contributed by atoms with Crippen LogP contribution >= 0.6 is 11.8 Å². The van der Waals surface area contributed by atoms with Gasteiger partial charge in [-0.1, -0.05) is 48.5 Å². The van der Waals surface area contributed by atoms with Gasteiger partial charge in [-0.15, -0.1) is 0 Å². The van der Waals surface area contributed by atoms with Crippen molar-refractivity contribution < 1.29 is 13.2 Å². The fourth-order valence-corrected chi connectivity index (χ4v) is 5.11. The standard InChI is InChI=1S/C23H25N3O4S2/c1-5-19(21(27)25-18-12-15(3)6-9-16(18)4)31-23-24-13-20(22(28)26-23)32(29,30)17-10-7-14(2)8-11-17/h6-13,19H,5H2,1-4H3,(H,25,27)(H,24,26,28)/t19-/m1/s1. The summed E-state index contributed by atoms with van der Waals surface area (Å²) >= 11 is 1.08. The number of hydrogen-bond acceptors (Lipinski definition) is 6. The largest absolute Gasteiger partial charge is 0.325 e. The van der Waals surface area contributed by atoms with Crippen LogP contribution in [-0.2, 0) is 14.6 Å². The number of sulfone groups is 1. The fourth-order valence-electron chi connectivity index (χ4n) is 3.00. The normalized spacial score (nSPS) is 12.4. The number of nitrogens with one attached hydrogen (secondary N) is 2. The zero-order valence-electron chi connectivity index (χ0n) is 18.3. The van der Waals surface area contributed by atoms with E-state index >= 15 is 0 Å². The van der Waals surface area contributed by atoms with Crippen molar-refractivity contribution in [3.8, 4) is 0 Å². The van der Waals surface area contributed by atoms with E-state index in [1.807, 2.05) is 45.9 Å². The molecule has 0 aliphatic carbocycles. The molecule has 0 fully saturated rings. The van der Waals surface area contributed by atoms with Gasteiger partial charge in [-0.3, -0.25) is 9.59 Å². The van der Waals surface area contributed by atoms with E-state index in [-0.39, 0.29) is 16.0 Å². The minimum Gasteiger partial charge on any atom is -0.325 e. The van der Waals surface area contributed by atoms with Gasteiger partial charge >= 0.3 is 0 Å². The maximum atomic E-state index is 12.8. The first-order chi connectivity index (χ1) is 15.1. The highest BCUT2D eigenvalue weighted by Crippen LogP contribution is 2.25. The van der Waals surface area contributed by atoms with Gasteiger partial charge in [-0.05, 0) is 56.5 Å². The Morgan fingerprint density at radius 3 is 2.38 bits per heavy atom. The number of aromatic nitrogens is 2. The number of nitrogens with zero attached hydrogens (tertiary/aromatic N) is 1. The van der Waals surface area contributed by atoms with Crippen molar-refractivity contribution in [1.82, 2.24) is 9.97 Å². The van der Waals surface area contributed by atoms with Gasteiger partial charge < -0.3 is 10.3 Å². The lowest BCUT2D eigenvalue weighted by molar-refractivity contribution is -0.115. The van der Waals surface area contributed by atoms with Crippen LogP contribution in [0.25, 0.3) is 0 Å². The molecule has 1 heterocycles. The van der Waals surface area contributed by atoms with Crippen molar-refractivity contribution in [2.75, 3.05) is 5.32 Å². The van der Waals surface area contributed by atoms with Gasteiger partial charge in [0.15, 0.2) is 10.1 Å². The average molecular weight is 472 g/mol. The highest BCUT2D eigenvalue weighted by molar-refractivity contribution is 8.00. The molecule has 3 aromatic rings. The zero-order chi connectivity index (χ0) is 23.5. The molecular weight excluding hydrogens is 446 g/mol. The van der Waals surface area contributed by atoms with Crippen LogP contribution in [0, 0.1) is 20.8 Å². The molecule has 0 bridgehead atoms. The Labute approximate surface area is 191 Å². The quantitative estimate of drug-likeness (QED) is 0.398. The van der Waals surface area contributed by atoms with E-state index in [1.165, 1.54) is 12.1 Å². The number of hydrogen-bond donors (Lipinski definition) is 2. The van der Waals surface area contributed by atoms with E-state index in [2.05, 4.69) is 15.3 Å². The summed E-state index contributed by atoms with van der Waals surface area (Å²) in [6.45, 7) is 7.56. The van der Waals surface area contributed by atoms with Crippen LogP contribution in [0.5, 0.6) is 0 Å². The van der Waals surface area contributed by atoms with Crippen LogP contribution in [0.3, 0.4) is 0 Å². The summed E-state index contributed by atoms with van der Waals surface area (Å²) in [5.74, 6) is -0.217. The number of benzene rings is 2. The molecule has 0 unspecified atom stereocenters. The molecule has 7 nitrogen and oxygen atoms in total. The maximum Gasteiger partial charge on any atom is 0.270 e. The molecule has 1 amide bonds. The summed E-state index contributed by atoms with van der Waals surface area (Å²) in [5.41, 5.74) is 2.85. The third kappa shape index (κ3) is 5.28. The Morgan fingerprint density at radius 2 is 1.75 bits per heavy atom. The van der Waals surface area contributed by atoms with Crippen molar-refractivity contribution in [1.29, 1.82) is 0 Å². The van der Waals surface area contributed by atoms with Crippen molar-refractivity contribution in [3.05, 3.63) is 75.7 Å². The number of thioether (sulfide) groups is 1. The van der Waals surface area contributed by atoms with Crippen LogP contribution in [0.4, 0.5) is 5.69 Å². The monoisotopic (exact) mass is 471 g/mol. The van der Waals surface area contributed by atoms with Gasteiger partial charge in [-0.2, -0.15) is 0 Å². The molecule has 3 rings (SSSR count). The number of carbonyl (C=O) groups excluding carboxylic acids is 1. The predicted molar refractivity (Wildman–Crippen MR) is 126 cm³/mol. The molecule has 0 saturated heterocycles. The van der Waals surface area contributed by atoms with E-state index in [9.17, 15) is 18.0 Å². The van der Waals surface area contributed by atoms with Gasteiger partial charge in [0.25, 0.3) is 5.56 Å². The van der Waals surface area contributed by atoms with Gasteiger partial charge in [0, 0.05) is 5.69 Å². The lowest BCUT2D eigenvalue weighted by Crippen LogP contribution is -2.26. The van der Waals surface area contributed by atoms with E-state index in [0.29, 0.717) is 6.42 Å². The number of anilines is 1. The first kappa shape index (κ1) is 23.7. The van der Waals surface area contributed by atoms with Crippen LogP contribution in [0.15, 0.2) is 68.4 Å². The summed E-state index contributed by atoms with van der Waals surface area (Å²) in [5, 5.41) is 2.59. The second-order valence-corrected chi connectivity index (χ2v) is 10.6. The predicted octanol–water partition coefficient (Wildman–Crippen LogP) is 4.04. The molecule has 2 aromatic carbocycles. The molecular formula is C23H25N3O4S2. The second-order valence-electron chi connectivity index (χ2n) is 7.52. The van der Waals surface area contributed by atoms with E-state index in [0.717, 1.165) is 40.3 Å². The second kappa shape index (κ2) is 9.70. The summed E-state index contributed by atoms with van der Waals surface area (Å²) in [6, 6.07) is 12.0. The van der Waals surface area contributed by atoms with Crippen molar-refractivity contribution in [2.24, 2.45) is 0 Å². The molecule has 0 spiro atoms. The third-order valence-corrected chi connectivity index (χ3v) is 7.96. The first-order valence-electron chi connectivity index (χ1n) is 10.1. The molecule has 32 heavy (non-hydrogen) atoms. The Balaban J connectivity index is 1.80. The van der Waals surface area contributed by atoms with E-state index in [1.54, 1.807) is 12.1 Å². The topological polar surface area (TPSA) is 109 Å². The minimum absolute atomic E-state index is 0.0233. The van der Waals surface area contributed by atoms with Gasteiger partial charge in [0.05, 0.1) is 16.3 Å². The smallest absolute Gasteiger partial charge is 0.270 e. The Kier molecular flexibility index (Phi) is 7.20. The number of aromatic amines is 1. The Morgan fingerprint density at radius 1 is 1.09 bits per heavy atom. The molecule has 0 aliphatic heterocycles. The summed E-state index contributed by atoms with van der Waals surface area (Å²) in [6.07, 6.45) is 1.54. The van der Waals surface area contributed by atoms with Crippen molar-refractivity contribution >= 4 is 33.2 Å². The van der Waals surface area contributed by atoms with Crippen LogP contribution in [0.2, 0.25) is 0 Å². The van der Waals surface area contributed by atoms with Crippen LogP contribution in [0.1, 0.15) is 30.0 Å². The summed E-state index contributed by atoms with van der Waals surface area (Å²) in [7, 11) is -4.00. The van der Waals surface area contributed by atoms with Crippen molar-refractivity contribution in [3.63, 3.8) is 0 Å². The SMILES string of the molecule is CC[C@@H](Sc1ncc(S(=O)(=O)c2ccc(C)cc2)c(=O)[nH]1)C(=O)Nc1cc(C)ccc1C. The molecule has 0 aliphatic rings. The summed E-state index contributed by atoms with van der Waals surface area (Å²) in [4.78, 5) is 31.5. The lowest BCUT2D eigenvalue weighted by atomic mass is 10.1. The molecule has 168 valence electrons. The first-order valence-corrected chi connectivity index (χ1v) is 12.4. The molecule has 9 heteroatoms. The molecule has 1 aromatic heterocycles. The van der Waals surface area contributed by atoms with E-state index < -0.39 is 25.5 Å². The Bertz CT molecular complexity index is 1300. The number of H-pyrrole nitrogens is 1. The average Bonchev–Trinajstić information content (AvgIpc) is 2.74. The highest BCUT2D eigenvalue weighted by atomic mass is 32.2. The number of aryl methyl sites for hydroxylation is 3. The number of carbonyl (C=O) groups is 1. The van der Waals surface area contributed by atoms with Crippen LogP contribution in [-0.4, -0.2) is 29.5 Å². The van der Waals surface area contributed by atoms with E-state index in [4.69, 9.17) is 0 Å². The van der Waals surface area contributed by atoms with Gasteiger partial charge in [0.1, 0.15) is 0 Å². The molecule has 0 saturated carbocycles. The molecule has 0 radical (unpaired) electrons. The molecule has 1 atom stereocenters. The molecule has 2 N–H and O–H groups in total. The fraction of sp³-hybridized carbons (Fsp3) is 0.261. The zero-order valence-corrected chi connectivity index (χ0v) is 19.9. The van der Waals surface area contributed by atoms with Crippen LogP contribution < -0.4 is 10.9 Å². The lowest BCUT2D eigenvalue weighted by Gasteiger charge is -2.16.